The molecule has 3 nitrogen and oxygen atoms in total. The number of esters is 1. The number of carbonyl (C=O) groups excluding carboxylic acids is 1. The molecule has 1 saturated carbocycles. The monoisotopic (exact) mass is 198 g/mol. The fourth-order valence-corrected chi connectivity index (χ4v) is 2.09. The molecule has 0 heterocycles. The van der Waals surface area contributed by atoms with E-state index in [1.165, 1.54) is 0 Å². The SMILES string of the molecule is C=CC[C@@H]1[C@@H](CCO)[C@@H]1C(=O)OCC. The van der Waals surface area contributed by atoms with E-state index >= 15 is 0 Å². The Labute approximate surface area is 84.8 Å². The van der Waals surface area contributed by atoms with E-state index < -0.39 is 0 Å². The molecule has 1 aliphatic rings. The molecular weight excluding hydrogens is 180 g/mol. The van der Waals surface area contributed by atoms with Crippen LogP contribution >= 0.6 is 0 Å². The molecule has 0 aromatic heterocycles. The van der Waals surface area contributed by atoms with Gasteiger partial charge in [0, 0.05) is 6.61 Å². The minimum absolute atomic E-state index is 0.0000926. The molecule has 0 aromatic carbocycles. The molecule has 1 fully saturated rings. The maximum Gasteiger partial charge on any atom is 0.309 e. The molecule has 0 unspecified atom stereocenters. The third kappa shape index (κ3) is 2.35. The normalized spacial score (nSPS) is 29.7. The summed E-state index contributed by atoms with van der Waals surface area (Å²) in [6, 6.07) is 0. The Morgan fingerprint density at radius 1 is 1.57 bits per heavy atom. The van der Waals surface area contributed by atoms with Crippen LogP contribution in [0.3, 0.4) is 0 Å². The first-order chi connectivity index (χ1) is 6.76. The van der Waals surface area contributed by atoms with Gasteiger partial charge in [-0.3, -0.25) is 4.79 Å². The summed E-state index contributed by atoms with van der Waals surface area (Å²) in [4.78, 5) is 11.4. The largest absolute Gasteiger partial charge is 0.466 e. The highest BCUT2D eigenvalue weighted by molar-refractivity contribution is 5.76. The van der Waals surface area contributed by atoms with Crippen LogP contribution in [0.1, 0.15) is 19.8 Å². The van der Waals surface area contributed by atoms with Gasteiger partial charge in [-0.05, 0) is 31.6 Å². The Morgan fingerprint density at radius 3 is 2.79 bits per heavy atom. The van der Waals surface area contributed by atoms with Crippen molar-refractivity contribution in [3.8, 4) is 0 Å². The molecule has 80 valence electrons. The number of hydrogen-bond donors (Lipinski definition) is 1. The molecule has 0 aromatic rings. The molecule has 0 radical (unpaired) electrons. The van der Waals surface area contributed by atoms with Crippen LogP contribution in [0.15, 0.2) is 12.7 Å². The Hall–Kier alpha value is -0.830. The summed E-state index contributed by atoms with van der Waals surface area (Å²) in [5.74, 6) is 0.536. The summed E-state index contributed by atoms with van der Waals surface area (Å²) in [7, 11) is 0. The first-order valence-electron chi connectivity index (χ1n) is 5.14. The lowest BCUT2D eigenvalue weighted by Gasteiger charge is -1.99. The lowest BCUT2D eigenvalue weighted by Crippen LogP contribution is -2.08. The lowest BCUT2D eigenvalue weighted by molar-refractivity contribution is -0.145. The Bertz CT molecular complexity index is 213. The first-order valence-corrected chi connectivity index (χ1v) is 5.14. The van der Waals surface area contributed by atoms with Gasteiger partial charge in [0.1, 0.15) is 0 Å². The molecule has 0 saturated heterocycles. The lowest BCUT2D eigenvalue weighted by atomic mass is 10.2. The van der Waals surface area contributed by atoms with Gasteiger partial charge in [-0.15, -0.1) is 6.58 Å². The molecule has 14 heavy (non-hydrogen) atoms. The topological polar surface area (TPSA) is 46.5 Å². The first kappa shape index (κ1) is 11.2. The molecule has 0 amide bonds. The fourth-order valence-electron chi connectivity index (χ4n) is 2.09. The molecule has 1 N–H and O–H groups in total. The van der Waals surface area contributed by atoms with Crippen molar-refractivity contribution in [2.45, 2.75) is 19.8 Å². The highest BCUT2D eigenvalue weighted by Gasteiger charge is 2.53. The summed E-state index contributed by atoms with van der Waals surface area (Å²) in [6.45, 7) is 6.05. The quantitative estimate of drug-likeness (QED) is 0.518. The average Bonchev–Trinajstić information content (AvgIpc) is 2.81. The van der Waals surface area contributed by atoms with E-state index in [9.17, 15) is 4.79 Å². The molecule has 0 aliphatic heterocycles. The highest BCUT2D eigenvalue weighted by Crippen LogP contribution is 2.51. The van der Waals surface area contributed by atoms with Gasteiger partial charge in [0.15, 0.2) is 0 Å². The van der Waals surface area contributed by atoms with Crippen LogP contribution in [0.4, 0.5) is 0 Å². The zero-order valence-electron chi connectivity index (χ0n) is 8.61. The van der Waals surface area contributed by atoms with E-state index in [4.69, 9.17) is 9.84 Å². The van der Waals surface area contributed by atoms with Crippen molar-refractivity contribution in [2.75, 3.05) is 13.2 Å². The smallest absolute Gasteiger partial charge is 0.309 e. The number of ether oxygens (including phenoxy) is 1. The summed E-state index contributed by atoms with van der Waals surface area (Å²) in [5.41, 5.74) is 0. The van der Waals surface area contributed by atoms with E-state index in [0.717, 1.165) is 6.42 Å². The Morgan fingerprint density at radius 2 is 2.29 bits per heavy atom. The molecule has 3 atom stereocenters. The van der Waals surface area contributed by atoms with Gasteiger partial charge >= 0.3 is 5.97 Å². The van der Waals surface area contributed by atoms with Crippen LogP contribution in [0.25, 0.3) is 0 Å². The summed E-state index contributed by atoms with van der Waals surface area (Å²) < 4.78 is 4.96. The standard InChI is InChI=1S/C11H18O3/c1-3-5-8-9(6-7-12)10(8)11(13)14-4-2/h3,8-10,12H,1,4-7H2,2H3/t8-,9-,10-/m1/s1. The van der Waals surface area contributed by atoms with Gasteiger partial charge in [-0.2, -0.15) is 0 Å². The summed E-state index contributed by atoms with van der Waals surface area (Å²) in [5, 5.41) is 8.81. The van der Waals surface area contributed by atoms with Gasteiger partial charge in [0.2, 0.25) is 0 Å². The maximum absolute atomic E-state index is 11.4. The predicted molar refractivity (Wildman–Crippen MR) is 53.6 cm³/mol. The number of aliphatic hydroxyl groups is 1. The van der Waals surface area contributed by atoms with Crippen LogP contribution in [-0.4, -0.2) is 24.3 Å². The predicted octanol–water partition coefficient (Wildman–Crippen LogP) is 1.37. The summed E-state index contributed by atoms with van der Waals surface area (Å²) in [6.07, 6.45) is 3.37. The van der Waals surface area contributed by atoms with E-state index in [2.05, 4.69) is 6.58 Å². The molecule has 1 aliphatic carbocycles. The van der Waals surface area contributed by atoms with Crippen LogP contribution in [0.2, 0.25) is 0 Å². The van der Waals surface area contributed by atoms with Gasteiger partial charge < -0.3 is 9.84 Å². The molecule has 3 heteroatoms. The molecular formula is C11H18O3. The minimum atomic E-state index is -0.113. The molecule has 1 rings (SSSR count). The Kier molecular flexibility index (Phi) is 4.14. The van der Waals surface area contributed by atoms with Crippen molar-refractivity contribution in [3.05, 3.63) is 12.7 Å². The second-order valence-corrected chi connectivity index (χ2v) is 3.64. The van der Waals surface area contributed by atoms with Crippen molar-refractivity contribution in [3.63, 3.8) is 0 Å². The number of rotatable bonds is 6. The van der Waals surface area contributed by atoms with Gasteiger partial charge in [0.25, 0.3) is 0 Å². The van der Waals surface area contributed by atoms with Crippen LogP contribution in [0, 0.1) is 17.8 Å². The Balaban J connectivity index is 2.43. The van der Waals surface area contributed by atoms with Crippen LogP contribution < -0.4 is 0 Å². The van der Waals surface area contributed by atoms with Crippen molar-refractivity contribution in [2.24, 2.45) is 17.8 Å². The van der Waals surface area contributed by atoms with Crippen molar-refractivity contribution in [1.82, 2.24) is 0 Å². The van der Waals surface area contributed by atoms with Crippen molar-refractivity contribution >= 4 is 5.97 Å². The zero-order chi connectivity index (χ0) is 10.6. The van der Waals surface area contributed by atoms with Crippen molar-refractivity contribution in [1.29, 1.82) is 0 Å². The van der Waals surface area contributed by atoms with E-state index in [1.807, 2.05) is 13.0 Å². The molecule has 0 spiro atoms. The van der Waals surface area contributed by atoms with Gasteiger partial charge in [-0.25, -0.2) is 0 Å². The fraction of sp³-hybridized carbons (Fsp3) is 0.727. The van der Waals surface area contributed by atoms with E-state index in [1.54, 1.807) is 0 Å². The number of hydrogen-bond acceptors (Lipinski definition) is 3. The second-order valence-electron chi connectivity index (χ2n) is 3.64. The zero-order valence-corrected chi connectivity index (χ0v) is 8.61. The maximum atomic E-state index is 11.4. The molecule has 0 bridgehead atoms. The third-order valence-corrected chi connectivity index (χ3v) is 2.79. The third-order valence-electron chi connectivity index (χ3n) is 2.79. The summed E-state index contributed by atoms with van der Waals surface area (Å²) >= 11 is 0. The van der Waals surface area contributed by atoms with Crippen LogP contribution in [0.5, 0.6) is 0 Å². The number of allylic oxidation sites excluding steroid dienone is 1. The van der Waals surface area contributed by atoms with Gasteiger partial charge in [-0.1, -0.05) is 6.08 Å². The number of carbonyl (C=O) groups is 1. The van der Waals surface area contributed by atoms with Crippen molar-refractivity contribution < 1.29 is 14.6 Å². The van der Waals surface area contributed by atoms with E-state index in [0.29, 0.717) is 24.9 Å². The minimum Gasteiger partial charge on any atom is -0.466 e. The highest BCUT2D eigenvalue weighted by atomic mass is 16.5. The van der Waals surface area contributed by atoms with Crippen LogP contribution in [-0.2, 0) is 9.53 Å². The van der Waals surface area contributed by atoms with E-state index in [-0.39, 0.29) is 18.5 Å². The second kappa shape index (κ2) is 5.15. The number of aliphatic hydroxyl groups excluding tert-OH is 1. The average molecular weight is 198 g/mol. The van der Waals surface area contributed by atoms with Gasteiger partial charge in [0.05, 0.1) is 12.5 Å².